The molecule has 3 aromatic carbocycles. The third-order valence-corrected chi connectivity index (χ3v) is 5.58. The largest absolute Gasteiger partial charge is 0.338 e. The Balaban J connectivity index is 1.45. The SMILES string of the molecule is O=C(Nc1ccc(Cl)cc1-c1nc2ccccc2[nH]1)c1cn(-c2ccc(Br)cc2)cn1. The van der Waals surface area contributed by atoms with Crippen LogP contribution in [0.1, 0.15) is 10.5 Å². The van der Waals surface area contributed by atoms with E-state index in [0.29, 0.717) is 27.8 Å². The van der Waals surface area contributed by atoms with Gasteiger partial charge in [-0.05, 0) is 54.6 Å². The second kappa shape index (κ2) is 8.02. The number of carbonyl (C=O) groups is 1. The predicted molar refractivity (Wildman–Crippen MR) is 126 cm³/mol. The number of aromatic amines is 1. The van der Waals surface area contributed by atoms with Crippen molar-refractivity contribution in [2.24, 2.45) is 0 Å². The van der Waals surface area contributed by atoms with Gasteiger partial charge >= 0.3 is 0 Å². The summed E-state index contributed by atoms with van der Waals surface area (Å²) in [4.78, 5) is 25.1. The summed E-state index contributed by atoms with van der Waals surface area (Å²) in [5, 5.41) is 3.48. The summed E-state index contributed by atoms with van der Waals surface area (Å²) in [6.07, 6.45) is 3.30. The Kier molecular flexibility index (Phi) is 5.05. The average Bonchev–Trinajstić information content (AvgIpc) is 3.43. The molecule has 0 bridgehead atoms. The number of carbonyl (C=O) groups excluding carboxylic acids is 1. The second-order valence-corrected chi connectivity index (χ2v) is 8.24. The summed E-state index contributed by atoms with van der Waals surface area (Å²) >= 11 is 9.65. The molecule has 6 nitrogen and oxygen atoms in total. The van der Waals surface area contributed by atoms with Crippen molar-refractivity contribution >= 4 is 50.2 Å². The number of hydrogen-bond donors (Lipinski definition) is 2. The minimum absolute atomic E-state index is 0.299. The van der Waals surface area contributed by atoms with Gasteiger partial charge in [0.1, 0.15) is 17.8 Å². The molecule has 2 N–H and O–H groups in total. The van der Waals surface area contributed by atoms with Crippen molar-refractivity contribution in [3.05, 3.63) is 94.4 Å². The van der Waals surface area contributed by atoms with Crippen LogP contribution in [0.25, 0.3) is 28.1 Å². The Hall–Kier alpha value is -3.42. The van der Waals surface area contributed by atoms with E-state index < -0.39 is 0 Å². The Morgan fingerprint density at radius 3 is 2.68 bits per heavy atom. The standard InChI is InChI=1S/C23H15BrClN5O/c24-14-5-8-16(9-6-14)30-12-21(26-13-30)23(31)29-18-10-7-15(25)11-17(18)22-27-19-3-1-2-4-20(19)28-22/h1-13H,(H,27,28)(H,29,31). The third-order valence-electron chi connectivity index (χ3n) is 4.81. The molecule has 0 aliphatic heterocycles. The van der Waals surface area contributed by atoms with Crippen LogP contribution in [0.5, 0.6) is 0 Å². The zero-order valence-corrected chi connectivity index (χ0v) is 18.4. The van der Waals surface area contributed by atoms with E-state index in [9.17, 15) is 4.79 Å². The van der Waals surface area contributed by atoms with Gasteiger partial charge in [0, 0.05) is 26.9 Å². The van der Waals surface area contributed by atoms with Crippen molar-refractivity contribution in [1.82, 2.24) is 19.5 Å². The summed E-state index contributed by atoms with van der Waals surface area (Å²) in [5.41, 5.74) is 4.24. The number of nitrogens with zero attached hydrogens (tertiary/aromatic N) is 3. The molecule has 0 radical (unpaired) electrons. The van der Waals surface area contributed by atoms with Crippen molar-refractivity contribution in [3.63, 3.8) is 0 Å². The maximum Gasteiger partial charge on any atom is 0.275 e. The first-order valence-electron chi connectivity index (χ1n) is 9.43. The van der Waals surface area contributed by atoms with Crippen LogP contribution in [0.4, 0.5) is 5.69 Å². The Labute approximate surface area is 191 Å². The lowest BCUT2D eigenvalue weighted by atomic mass is 10.1. The monoisotopic (exact) mass is 491 g/mol. The van der Waals surface area contributed by atoms with Crippen LogP contribution in [0.2, 0.25) is 5.02 Å². The lowest BCUT2D eigenvalue weighted by Crippen LogP contribution is -2.13. The summed E-state index contributed by atoms with van der Waals surface area (Å²) in [6.45, 7) is 0. The van der Waals surface area contributed by atoms with E-state index in [4.69, 9.17) is 11.6 Å². The van der Waals surface area contributed by atoms with Gasteiger partial charge in [0.25, 0.3) is 5.91 Å². The smallest absolute Gasteiger partial charge is 0.275 e. The van der Waals surface area contributed by atoms with Crippen LogP contribution >= 0.6 is 27.5 Å². The summed E-state index contributed by atoms with van der Waals surface area (Å²) in [5.74, 6) is 0.301. The Bertz CT molecular complexity index is 1370. The molecule has 2 heterocycles. The highest BCUT2D eigenvalue weighted by atomic mass is 79.9. The van der Waals surface area contributed by atoms with E-state index in [1.165, 1.54) is 0 Å². The average molecular weight is 493 g/mol. The molecule has 0 saturated heterocycles. The molecule has 0 saturated carbocycles. The Morgan fingerprint density at radius 2 is 1.87 bits per heavy atom. The number of para-hydroxylation sites is 2. The predicted octanol–water partition coefficient (Wildman–Crippen LogP) is 6.08. The van der Waals surface area contributed by atoms with Crippen LogP contribution in [0, 0.1) is 0 Å². The lowest BCUT2D eigenvalue weighted by Gasteiger charge is -2.09. The summed E-state index contributed by atoms with van der Waals surface area (Å²) < 4.78 is 2.78. The molecule has 2 aromatic heterocycles. The molecule has 0 aliphatic carbocycles. The van der Waals surface area contributed by atoms with Crippen molar-refractivity contribution in [3.8, 4) is 17.1 Å². The molecular formula is C23H15BrClN5O. The van der Waals surface area contributed by atoms with Crippen LogP contribution < -0.4 is 5.32 Å². The van der Waals surface area contributed by atoms with Gasteiger partial charge in [0.15, 0.2) is 0 Å². The molecule has 31 heavy (non-hydrogen) atoms. The number of benzene rings is 3. The highest BCUT2D eigenvalue weighted by Gasteiger charge is 2.16. The molecule has 0 spiro atoms. The lowest BCUT2D eigenvalue weighted by molar-refractivity contribution is 0.102. The zero-order chi connectivity index (χ0) is 21.4. The summed E-state index contributed by atoms with van der Waals surface area (Å²) in [7, 11) is 0. The molecular weight excluding hydrogens is 478 g/mol. The summed E-state index contributed by atoms with van der Waals surface area (Å²) in [6, 6.07) is 20.7. The fourth-order valence-corrected chi connectivity index (χ4v) is 3.72. The van der Waals surface area contributed by atoms with E-state index >= 15 is 0 Å². The number of hydrogen-bond acceptors (Lipinski definition) is 3. The van der Waals surface area contributed by atoms with Gasteiger partial charge in [-0.3, -0.25) is 4.79 Å². The topological polar surface area (TPSA) is 75.6 Å². The van der Waals surface area contributed by atoms with Crippen molar-refractivity contribution in [1.29, 1.82) is 0 Å². The van der Waals surface area contributed by atoms with Crippen molar-refractivity contribution in [2.45, 2.75) is 0 Å². The van der Waals surface area contributed by atoms with Crippen molar-refractivity contribution in [2.75, 3.05) is 5.32 Å². The number of imidazole rings is 2. The molecule has 0 unspecified atom stereocenters. The number of nitrogens with one attached hydrogen (secondary N) is 2. The number of rotatable bonds is 4. The van der Waals surface area contributed by atoms with E-state index in [0.717, 1.165) is 21.2 Å². The van der Waals surface area contributed by atoms with Gasteiger partial charge in [0.2, 0.25) is 0 Å². The minimum atomic E-state index is -0.324. The molecule has 8 heteroatoms. The number of H-pyrrole nitrogens is 1. The quantitative estimate of drug-likeness (QED) is 0.319. The van der Waals surface area contributed by atoms with Crippen LogP contribution in [0.15, 0.2) is 83.7 Å². The first-order valence-corrected chi connectivity index (χ1v) is 10.6. The number of fused-ring (bicyclic) bond motifs is 1. The molecule has 5 aromatic rings. The first kappa shape index (κ1) is 19.5. The van der Waals surface area contributed by atoms with Gasteiger partial charge in [-0.1, -0.05) is 39.7 Å². The fourth-order valence-electron chi connectivity index (χ4n) is 3.28. The number of anilines is 1. The van der Waals surface area contributed by atoms with E-state index in [1.54, 1.807) is 35.3 Å². The number of amides is 1. The molecule has 0 atom stereocenters. The van der Waals surface area contributed by atoms with E-state index in [1.807, 2.05) is 48.5 Å². The first-order chi connectivity index (χ1) is 15.1. The maximum atomic E-state index is 12.9. The van der Waals surface area contributed by atoms with Gasteiger partial charge in [-0.2, -0.15) is 0 Å². The maximum absolute atomic E-state index is 12.9. The van der Waals surface area contributed by atoms with Crippen LogP contribution in [-0.2, 0) is 0 Å². The Morgan fingerprint density at radius 1 is 1.06 bits per heavy atom. The van der Waals surface area contributed by atoms with Crippen LogP contribution in [0.3, 0.4) is 0 Å². The van der Waals surface area contributed by atoms with Crippen molar-refractivity contribution < 1.29 is 4.79 Å². The molecule has 0 aliphatic rings. The minimum Gasteiger partial charge on any atom is -0.338 e. The second-order valence-electron chi connectivity index (χ2n) is 6.89. The molecule has 152 valence electrons. The third kappa shape index (κ3) is 3.97. The van der Waals surface area contributed by atoms with Crippen LogP contribution in [-0.4, -0.2) is 25.4 Å². The molecule has 0 fully saturated rings. The van der Waals surface area contributed by atoms with Gasteiger partial charge < -0.3 is 14.9 Å². The fraction of sp³-hybridized carbons (Fsp3) is 0. The van der Waals surface area contributed by atoms with Gasteiger partial charge in [-0.25, -0.2) is 9.97 Å². The normalized spacial score (nSPS) is 11.0. The number of halogens is 2. The molecule has 1 amide bonds. The van der Waals surface area contributed by atoms with Gasteiger partial charge in [0.05, 0.1) is 16.7 Å². The molecule has 5 rings (SSSR count). The highest BCUT2D eigenvalue weighted by Crippen LogP contribution is 2.31. The number of aromatic nitrogens is 4. The van der Waals surface area contributed by atoms with E-state index in [2.05, 4.69) is 36.2 Å². The zero-order valence-electron chi connectivity index (χ0n) is 16.0. The highest BCUT2D eigenvalue weighted by molar-refractivity contribution is 9.10. The van der Waals surface area contributed by atoms with E-state index in [-0.39, 0.29) is 5.91 Å². The van der Waals surface area contributed by atoms with Gasteiger partial charge in [-0.15, -0.1) is 0 Å².